The molecule has 0 aliphatic carbocycles. The van der Waals surface area contributed by atoms with E-state index in [2.05, 4.69) is 41.5 Å². The Kier molecular flexibility index (Phi) is 2.93. The molecule has 0 rings (SSSR count). The van der Waals surface area contributed by atoms with Crippen molar-refractivity contribution in [2.24, 2.45) is 0 Å². The van der Waals surface area contributed by atoms with Crippen molar-refractivity contribution < 1.29 is 18.0 Å². The van der Waals surface area contributed by atoms with Crippen LogP contribution in [0.5, 0.6) is 0 Å². The third-order valence-corrected chi connectivity index (χ3v) is 2.81. The van der Waals surface area contributed by atoms with Gasteiger partial charge in [-0.3, -0.25) is 0 Å². The Morgan fingerprint density at radius 1 is 0.667 bits per heavy atom. The molecular formula is C8H18Pd. The predicted molar refractivity (Wildman–Crippen MR) is 39.4 cm³/mol. The minimum atomic E-state index is 0.534. The van der Waals surface area contributed by atoms with Crippen molar-refractivity contribution in [1.29, 1.82) is 0 Å². The molecule has 0 N–H and O–H groups in total. The second kappa shape index (κ2) is 2.72. The van der Waals surface area contributed by atoms with Crippen LogP contribution in [0.15, 0.2) is 0 Å². The zero-order chi connectivity index (χ0) is 7.71. The van der Waals surface area contributed by atoms with Crippen molar-refractivity contribution in [2.45, 2.75) is 49.3 Å². The maximum absolute atomic E-state index is 2.31. The van der Waals surface area contributed by atoms with E-state index in [4.69, 9.17) is 0 Å². The van der Waals surface area contributed by atoms with Gasteiger partial charge in [0.2, 0.25) is 0 Å². The van der Waals surface area contributed by atoms with E-state index < -0.39 is 0 Å². The normalized spacial score (nSPS) is 14.4. The van der Waals surface area contributed by atoms with Crippen LogP contribution in [0.2, 0.25) is 7.78 Å². The molecule has 0 saturated heterocycles. The molecule has 60 valence electrons. The Morgan fingerprint density at radius 3 is 0.889 bits per heavy atom. The Bertz CT molecular complexity index is 69.7. The van der Waals surface area contributed by atoms with Crippen molar-refractivity contribution in [1.82, 2.24) is 0 Å². The first-order valence-corrected chi connectivity index (χ1v) is 4.87. The monoisotopic (exact) mass is 220 g/mol. The van der Waals surface area contributed by atoms with Gasteiger partial charge in [0, 0.05) is 0 Å². The van der Waals surface area contributed by atoms with E-state index in [1.807, 2.05) is 0 Å². The van der Waals surface area contributed by atoms with Crippen molar-refractivity contribution in [3.8, 4) is 0 Å². The van der Waals surface area contributed by atoms with Crippen LogP contribution in [0.4, 0.5) is 0 Å². The Morgan fingerprint density at radius 2 is 0.889 bits per heavy atom. The standard InChI is InChI=1S/2C4H9.Pd/c2*1-4(2)3;/h2*1-3H3;. The fraction of sp³-hybridized carbons (Fsp3) is 1.00. The molecule has 0 amide bonds. The van der Waals surface area contributed by atoms with Crippen molar-refractivity contribution in [3.63, 3.8) is 0 Å². The molecule has 0 fully saturated rings. The van der Waals surface area contributed by atoms with Crippen LogP contribution in [0.3, 0.4) is 0 Å². The summed E-state index contributed by atoms with van der Waals surface area (Å²) >= 11 is 0.858. The Balaban J connectivity index is 3.75. The SMILES string of the molecule is C[C](C)(C)[Pd][C](C)(C)C. The first-order chi connectivity index (χ1) is 3.71. The van der Waals surface area contributed by atoms with Crippen LogP contribution in [0, 0.1) is 0 Å². The summed E-state index contributed by atoms with van der Waals surface area (Å²) < 4.78 is 1.07. The van der Waals surface area contributed by atoms with Crippen LogP contribution in [-0.4, -0.2) is 0 Å². The van der Waals surface area contributed by atoms with Crippen LogP contribution in [-0.2, 0) is 18.0 Å². The molecule has 0 radical (unpaired) electrons. The second-order valence-electron chi connectivity index (χ2n) is 4.03. The Hall–Kier alpha value is 0.662. The first-order valence-electron chi connectivity index (χ1n) is 3.32. The van der Waals surface area contributed by atoms with Gasteiger partial charge in [-0.1, -0.05) is 0 Å². The molecule has 0 aromatic carbocycles. The zero-order valence-corrected chi connectivity index (χ0v) is 8.87. The number of rotatable bonds is 0. The van der Waals surface area contributed by atoms with Crippen LogP contribution in [0.25, 0.3) is 0 Å². The minimum absolute atomic E-state index is 0.534. The molecule has 0 aliphatic heterocycles. The van der Waals surface area contributed by atoms with Crippen molar-refractivity contribution >= 4 is 0 Å². The third-order valence-electron chi connectivity index (χ3n) is 0.474. The van der Waals surface area contributed by atoms with Crippen molar-refractivity contribution in [3.05, 3.63) is 0 Å². The van der Waals surface area contributed by atoms with Gasteiger partial charge in [-0.05, 0) is 0 Å². The predicted octanol–water partition coefficient (Wildman–Crippen LogP) is 3.51. The molecule has 0 aromatic heterocycles. The molecule has 0 nitrogen and oxygen atoms in total. The van der Waals surface area contributed by atoms with Gasteiger partial charge in [0.25, 0.3) is 0 Å². The molecule has 0 unspecified atom stereocenters. The average Bonchev–Trinajstić information content (AvgIpc) is 1.14. The van der Waals surface area contributed by atoms with Crippen molar-refractivity contribution in [2.75, 3.05) is 0 Å². The van der Waals surface area contributed by atoms with Gasteiger partial charge in [0.15, 0.2) is 0 Å². The van der Waals surface area contributed by atoms with Gasteiger partial charge in [-0.2, -0.15) is 0 Å². The topological polar surface area (TPSA) is 0 Å². The van der Waals surface area contributed by atoms with Crippen LogP contribution in [0.1, 0.15) is 41.5 Å². The summed E-state index contributed by atoms with van der Waals surface area (Å²) in [4.78, 5) is 0. The van der Waals surface area contributed by atoms with Gasteiger partial charge in [-0.25, -0.2) is 0 Å². The summed E-state index contributed by atoms with van der Waals surface area (Å²) in [6.07, 6.45) is 0. The maximum atomic E-state index is 2.31. The van der Waals surface area contributed by atoms with E-state index in [0.29, 0.717) is 7.78 Å². The van der Waals surface area contributed by atoms with E-state index in [1.165, 1.54) is 0 Å². The molecule has 0 bridgehead atoms. The van der Waals surface area contributed by atoms with Gasteiger partial charge in [0.05, 0.1) is 0 Å². The van der Waals surface area contributed by atoms with E-state index >= 15 is 0 Å². The molecule has 9 heavy (non-hydrogen) atoms. The fourth-order valence-corrected chi connectivity index (χ4v) is 4.21. The van der Waals surface area contributed by atoms with Crippen LogP contribution < -0.4 is 0 Å². The van der Waals surface area contributed by atoms with Gasteiger partial charge >= 0.3 is 67.3 Å². The molecule has 0 aromatic rings. The van der Waals surface area contributed by atoms with E-state index in [-0.39, 0.29) is 0 Å². The molecule has 0 spiro atoms. The van der Waals surface area contributed by atoms with E-state index in [0.717, 1.165) is 18.0 Å². The first kappa shape index (κ1) is 9.66. The van der Waals surface area contributed by atoms with Gasteiger partial charge < -0.3 is 0 Å². The molecule has 0 aliphatic rings. The summed E-state index contributed by atoms with van der Waals surface area (Å²) in [7, 11) is 0. The quantitative estimate of drug-likeness (QED) is 0.548. The summed E-state index contributed by atoms with van der Waals surface area (Å²) in [5.74, 6) is 0. The zero-order valence-electron chi connectivity index (χ0n) is 7.32. The van der Waals surface area contributed by atoms with Gasteiger partial charge in [-0.15, -0.1) is 0 Å². The fourth-order valence-electron chi connectivity index (χ4n) is 0.712. The third kappa shape index (κ3) is 8.66. The molecule has 0 heterocycles. The molecule has 1 heteroatoms. The summed E-state index contributed by atoms with van der Waals surface area (Å²) in [6.45, 7) is 13.9. The summed E-state index contributed by atoms with van der Waals surface area (Å²) in [6, 6.07) is 0. The average molecular weight is 221 g/mol. The molecular weight excluding hydrogens is 203 g/mol. The molecule has 0 atom stereocenters. The van der Waals surface area contributed by atoms with E-state index in [9.17, 15) is 0 Å². The summed E-state index contributed by atoms with van der Waals surface area (Å²) in [5, 5.41) is 0. The Labute approximate surface area is 67.6 Å². The number of hydrogen-bond acceptors (Lipinski definition) is 0. The van der Waals surface area contributed by atoms with Gasteiger partial charge in [0.1, 0.15) is 0 Å². The molecule has 0 saturated carbocycles. The second-order valence-corrected chi connectivity index (χ2v) is 9.08. The summed E-state index contributed by atoms with van der Waals surface area (Å²) in [5.41, 5.74) is 0. The van der Waals surface area contributed by atoms with E-state index in [1.54, 1.807) is 0 Å². The number of hydrogen-bond donors (Lipinski definition) is 0. The van der Waals surface area contributed by atoms with Crippen LogP contribution >= 0.6 is 0 Å².